The van der Waals surface area contributed by atoms with Crippen LogP contribution in [0.25, 0.3) is 0 Å². The molecular weight excluding hydrogens is 398 g/mol. The predicted octanol–water partition coefficient (Wildman–Crippen LogP) is 1.65. The van der Waals surface area contributed by atoms with Crippen LogP contribution in [0.4, 0.5) is 5.69 Å². The molecule has 2 aromatic carbocycles. The number of hydrogen-bond donors (Lipinski definition) is 5. The Kier molecular flexibility index (Phi) is 6.50. The molecule has 2 fully saturated rings. The lowest BCUT2D eigenvalue weighted by atomic mass is 9.89. The Balaban J connectivity index is 1.65. The highest BCUT2D eigenvalue weighted by atomic mass is 16.5. The van der Waals surface area contributed by atoms with Gasteiger partial charge in [0.2, 0.25) is 0 Å². The maximum atomic E-state index is 10.5. The summed E-state index contributed by atoms with van der Waals surface area (Å²) in [7, 11) is 0. The molecule has 0 amide bonds. The number of anilines is 1. The van der Waals surface area contributed by atoms with Gasteiger partial charge in [0.25, 0.3) is 0 Å². The summed E-state index contributed by atoms with van der Waals surface area (Å²) < 4.78 is 11.5. The van der Waals surface area contributed by atoms with Crippen LogP contribution in [-0.2, 0) is 11.2 Å². The summed E-state index contributed by atoms with van der Waals surface area (Å²) in [5.41, 5.74) is 10.7. The number of nitrogen functional groups attached to an aromatic ring is 1. The largest absolute Gasteiger partial charge is 0.492 e. The van der Waals surface area contributed by atoms with Crippen molar-refractivity contribution in [3.8, 4) is 5.75 Å². The normalized spacial score (nSPS) is 28.5. The maximum Gasteiger partial charge on any atom is 0.142 e. The minimum absolute atomic E-state index is 0.415. The Hall–Kier alpha value is -2.16. The van der Waals surface area contributed by atoms with E-state index < -0.39 is 37.1 Å². The second kappa shape index (κ2) is 9.14. The monoisotopic (exact) mass is 429 g/mol. The summed E-state index contributed by atoms with van der Waals surface area (Å²) in [6.45, 7) is 1.79. The van der Waals surface area contributed by atoms with Crippen molar-refractivity contribution in [1.82, 2.24) is 0 Å². The van der Waals surface area contributed by atoms with E-state index in [0.717, 1.165) is 11.1 Å². The molecule has 0 unspecified atom stereocenters. The van der Waals surface area contributed by atoms with E-state index >= 15 is 0 Å². The fraction of sp³-hybridized carbons (Fsp3) is 0.500. The van der Waals surface area contributed by atoms with Crippen molar-refractivity contribution >= 4 is 5.69 Å². The Morgan fingerprint density at radius 3 is 2.32 bits per heavy atom. The number of nitrogens with two attached hydrogens (primary N) is 1. The van der Waals surface area contributed by atoms with Crippen LogP contribution < -0.4 is 10.5 Å². The van der Waals surface area contributed by atoms with E-state index in [0.29, 0.717) is 35.9 Å². The third kappa shape index (κ3) is 4.56. The Labute approximate surface area is 182 Å². The molecule has 0 spiro atoms. The fourth-order valence-corrected chi connectivity index (χ4v) is 4.21. The molecule has 1 heterocycles. The highest BCUT2D eigenvalue weighted by Gasteiger charge is 2.44. The summed E-state index contributed by atoms with van der Waals surface area (Å²) in [5, 5.41) is 40.3. The van der Waals surface area contributed by atoms with Crippen LogP contribution in [0.3, 0.4) is 0 Å². The van der Waals surface area contributed by atoms with Crippen molar-refractivity contribution in [2.24, 2.45) is 0 Å². The average molecular weight is 430 g/mol. The molecule has 1 saturated heterocycles. The summed E-state index contributed by atoms with van der Waals surface area (Å²) in [6, 6.07) is 12.1. The first-order chi connectivity index (χ1) is 14.9. The number of ether oxygens (including phenoxy) is 2. The average Bonchev–Trinajstić information content (AvgIpc) is 3.61. The number of hydrogen-bond acceptors (Lipinski definition) is 7. The topological polar surface area (TPSA) is 125 Å². The zero-order chi connectivity index (χ0) is 22.1. The van der Waals surface area contributed by atoms with Gasteiger partial charge in [0, 0.05) is 0 Å². The quantitative estimate of drug-likeness (QED) is 0.424. The second-order valence-corrected chi connectivity index (χ2v) is 8.47. The summed E-state index contributed by atoms with van der Waals surface area (Å²) in [5.74, 6) is 1.17. The first kappa shape index (κ1) is 22.0. The number of aliphatic hydroxyl groups is 4. The van der Waals surface area contributed by atoms with Crippen LogP contribution >= 0.6 is 0 Å². The molecule has 1 aliphatic heterocycles. The lowest BCUT2D eigenvalue weighted by Gasteiger charge is -2.40. The minimum Gasteiger partial charge on any atom is -0.492 e. The standard InChI is InChI=1S/C24H31NO6/c1-2-30-18-11-17(24-23(29)22(28)21(27)19(12-26)31-24)10-16(20(18)25)9-13-3-5-14(6-4-13)15-7-8-15/h3-6,10-11,15,19,21-24,26-29H,2,7-9,12,25H2,1H3/t19-,21-,22+,23-,24+/m1/s1. The van der Waals surface area contributed by atoms with Crippen molar-refractivity contribution in [3.63, 3.8) is 0 Å². The minimum atomic E-state index is -1.44. The van der Waals surface area contributed by atoms with E-state index in [1.54, 1.807) is 6.07 Å². The molecule has 168 valence electrons. The second-order valence-electron chi connectivity index (χ2n) is 8.47. The molecule has 1 aliphatic carbocycles. The molecule has 7 nitrogen and oxygen atoms in total. The van der Waals surface area contributed by atoms with Crippen LogP contribution in [-0.4, -0.2) is 58.1 Å². The molecule has 1 saturated carbocycles. The van der Waals surface area contributed by atoms with Crippen molar-refractivity contribution in [1.29, 1.82) is 0 Å². The molecule has 6 N–H and O–H groups in total. The summed E-state index contributed by atoms with van der Waals surface area (Å²) in [6.07, 6.45) is -3.04. The third-order valence-corrected chi connectivity index (χ3v) is 6.19. The van der Waals surface area contributed by atoms with Gasteiger partial charge in [0.05, 0.1) is 18.9 Å². The van der Waals surface area contributed by atoms with Crippen molar-refractivity contribution in [3.05, 3.63) is 58.7 Å². The number of benzene rings is 2. The third-order valence-electron chi connectivity index (χ3n) is 6.19. The van der Waals surface area contributed by atoms with Crippen molar-refractivity contribution in [2.75, 3.05) is 18.9 Å². The Bertz CT molecular complexity index is 896. The van der Waals surface area contributed by atoms with Gasteiger partial charge in [-0.3, -0.25) is 0 Å². The van der Waals surface area contributed by atoms with E-state index in [9.17, 15) is 20.4 Å². The summed E-state index contributed by atoms with van der Waals surface area (Å²) in [4.78, 5) is 0. The Morgan fingerprint density at radius 2 is 1.71 bits per heavy atom. The lowest BCUT2D eigenvalue weighted by molar-refractivity contribution is -0.231. The smallest absolute Gasteiger partial charge is 0.142 e. The highest BCUT2D eigenvalue weighted by Crippen LogP contribution is 2.41. The van der Waals surface area contributed by atoms with Gasteiger partial charge in [-0.25, -0.2) is 0 Å². The van der Waals surface area contributed by atoms with E-state index in [1.807, 2.05) is 13.0 Å². The molecule has 31 heavy (non-hydrogen) atoms. The Morgan fingerprint density at radius 1 is 1.00 bits per heavy atom. The highest BCUT2D eigenvalue weighted by molar-refractivity contribution is 5.62. The van der Waals surface area contributed by atoms with Gasteiger partial charge in [-0.05, 0) is 60.4 Å². The SMILES string of the molecule is CCOc1cc([C@@H]2O[C@H](CO)[C@@H](O)[C@H](O)[C@H]2O)cc(Cc2ccc(C3CC3)cc2)c1N. The number of aliphatic hydroxyl groups excluding tert-OH is 4. The first-order valence-corrected chi connectivity index (χ1v) is 10.9. The van der Waals surface area contributed by atoms with Gasteiger partial charge in [-0.15, -0.1) is 0 Å². The zero-order valence-electron chi connectivity index (χ0n) is 17.6. The van der Waals surface area contributed by atoms with Gasteiger partial charge in [0.1, 0.15) is 36.3 Å². The van der Waals surface area contributed by atoms with Gasteiger partial charge >= 0.3 is 0 Å². The van der Waals surface area contributed by atoms with E-state index in [2.05, 4.69) is 24.3 Å². The van der Waals surface area contributed by atoms with Gasteiger partial charge in [-0.1, -0.05) is 30.3 Å². The molecule has 0 aromatic heterocycles. The lowest BCUT2D eigenvalue weighted by Crippen LogP contribution is -2.55. The molecule has 2 aliphatic rings. The zero-order valence-corrected chi connectivity index (χ0v) is 17.6. The van der Waals surface area contributed by atoms with Gasteiger partial charge in [-0.2, -0.15) is 0 Å². The van der Waals surface area contributed by atoms with Crippen LogP contribution in [0.5, 0.6) is 5.75 Å². The molecule has 7 heteroatoms. The van der Waals surface area contributed by atoms with Crippen molar-refractivity contribution in [2.45, 2.75) is 62.6 Å². The maximum absolute atomic E-state index is 10.5. The summed E-state index contributed by atoms with van der Waals surface area (Å²) >= 11 is 0. The molecule has 4 rings (SSSR count). The van der Waals surface area contributed by atoms with Crippen molar-refractivity contribution < 1.29 is 29.9 Å². The van der Waals surface area contributed by atoms with E-state index in [1.165, 1.54) is 18.4 Å². The van der Waals surface area contributed by atoms with Crippen LogP contribution in [0.15, 0.2) is 36.4 Å². The van der Waals surface area contributed by atoms with Gasteiger partial charge < -0.3 is 35.6 Å². The van der Waals surface area contributed by atoms with Crippen LogP contribution in [0.2, 0.25) is 0 Å². The predicted molar refractivity (Wildman–Crippen MR) is 116 cm³/mol. The van der Waals surface area contributed by atoms with Crippen LogP contribution in [0, 0.1) is 0 Å². The molecular formula is C24H31NO6. The molecule has 5 atom stereocenters. The first-order valence-electron chi connectivity index (χ1n) is 10.9. The fourth-order valence-electron chi connectivity index (χ4n) is 4.21. The molecule has 0 radical (unpaired) electrons. The van der Waals surface area contributed by atoms with E-state index in [4.69, 9.17) is 15.2 Å². The van der Waals surface area contributed by atoms with E-state index in [-0.39, 0.29) is 0 Å². The molecule has 2 aromatic rings. The van der Waals surface area contributed by atoms with Gasteiger partial charge in [0.15, 0.2) is 0 Å². The van der Waals surface area contributed by atoms with Crippen LogP contribution in [0.1, 0.15) is 54.0 Å². The molecule has 0 bridgehead atoms. The number of rotatable bonds is 7.